The minimum absolute atomic E-state index is 0.253. The normalized spacial score (nSPS) is 10.7. The lowest BCUT2D eigenvalue weighted by Crippen LogP contribution is -2.19. The first-order valence-corrected chi connectivity index (χ1v) is 7.36. The zero-order valence-corrected chi connectivity index (χ0v) is 12.2. The molecular weight excluding hydrogens is 277 g/mol. The molecule has 1 heterocycles. The summed E-state index contributed by atoms with van der Waals surface area (Å²) in [5, 5.41) is 7.25. The van der Waals surface area contributed by atoms with Gasteiger partial charge < -0.3 is 14.8 Å². The first-order chi connectivity index (χ1) is 9.79. The summed E-state index contributed by atoms with van der Waals surface area (Å²) in [6.07, 6.45) is 0. The van der Waals surface area contributed by atoms with Gasteiger partial charge in [-0.2, -0.15) is 11.3 Å². The van der Waals surface area contributed by atoms with E-state index in [-0.39, 0.29) is 5.82 Å². The predicted octanol–water partition coefficient (Wildman–Crippen LogP) is 3.20. The quantitative estimate of drug-likeness (QED) is 0.759. The van der Waals surface area contributed by atoms with Crippen molar-refractivity contribution in [2.45, 2.75) is 13.2 Å². The van der Waals surface area contributed by atoms with Gasteiger partial charge in [0, 0.05) is 25.8 Å². The Labute approximate surface area is 122 Å². The van der Waals surface area contributed by atoms with Crippen LogP contribution in [0.15, 0.2) is 35.0 Å². The fraction of sp³-hybridized carbons (Fsp3) is 0.333. The van der Waals surface area contributed by atoms with Crippen molar-refractivity contribution in [1.82, 2.24) is 5.32 Å². The Morgan fingerprint density at radius 2 is 2.20 bits per heavy atom. The van der Waals surface area contributed by atoms with Gasteiger partial charge in [-0.3, -0.25) is 0 Å². The first kappa shape index (κ1) is 15.0. The topological polar surface area (TPSA) is 30.5 Å². The van der Waals surface area contributed by atoms with Gasteiger partial charge in [-0.1, -0.05) is 0 Å². The lowest BCUT2D eigenvalue weighted by atomic mass is 10.2. The van der Waals surface area contributed by atoms with E-state index in [1.165, 1.54) is 12.1 Å². The molecule has 0 radical (unpaired) electrons. The van der Waals surface area contributed by atoms with Crippen LogP contribution in [0.1, 0.15) is 11.1 Å². The highest BCUT2D eigenvalue weighted by Crippen LogP contribution is 2.21. The summed E-state index contributed by atoms with van der Waals surface area (Å²) in [5.74, 6) is 0.457. The molecule has 0 saturated heterocycles. The van der Waals surface area contributed by atoms with Gasteiger partial charge in [0.15, 0.2) is 0 Å². The second-order valence-electron chi connectivity index (χ2n) is 4.34. The predicted molar refractivity (Wildman–Crippen MR) is 78.6 cm³/mol. The maximum absolute atomic E-state index is 13.3. The maximum Gasteiger partial charge on any atom is 0.124 e. The second-order valence-corrected chi connectivity index (χ2v) is 5.12. The van der Waals surface area contributed by atoms with Crippen LogP contribution in [0, 0.1) is 5.82 Å². The molecule has 1 N–H and O–H groups in total. The highest BCUT2D eigenvalue weighted by atomic mass is 32.1. The fourth-order valence-electron chi connectivity index (χ4n) is 1.76. The molecule has 0 saturated carbocycles. The van der Waals surface area contributed by atoms with Crippen molar-refractivity contribution in [3.05, 3.63) is 52.0 Å². The molecule has 5 heteroatoms. The molecular formula is C15H18FNO2S. The van der Waals surface area contributed by atoms with Crippen LogP contribution in [-0.2, 0) is 17.9 Å². The Morgan fingerprint density at radius 1 is 1.30 bits per heavy atom. The Kier molecular flexibility index (Phi) is 5.98. The van der Waals surface area contributed by atoms with E-state index in [1.54, 1.807) is 24.5 Å². The fourth-order valence-corrected chi connectivity index (χ4v) is 2.41. The van der Waals surface area contributed by atoms with E-state index in [1.807, 2.05) is 16.8 Å². The standard InChI is InChI=1S/C15H18FNO2S/c1-18-6-5-17-9-13-8-14(16)2-3-15(13)19-10-12-4-7-20-11-12/h2-4,7-8,11,17H,5-6,9-10H2,1H3. The van der Waals surface area contributed by atoms with Crippen LogP contribution < -0.4 is 10.1 Å². The van der Waals surface area contributed by atoms with E-state index < -0.39 is 0 Å². The summed E-state index contributed by atoms with van der Waals surface area (Å²) < 4.78 is 24.1. The molecule has 108 valence electrons. The van der Waals surface area contributed by atoms with Crippen molar-refractivity contribution >= 4 is 11.3 Å². The zero-order chi connectivity index (χ0) is 14.2. The van der Waals surface area contributed by atoms with Crippen molar-refractivity contribution in [2.75, 3.05) is 20.3 Å². The number of hydrogen-bond donors (Lipinski definition) is 1. The molecule has 0 unspecified atom stereocenters. The van der Waals surface area contributed by atoms with E-state index in [0.29, 0.717) is 25.5 Å². The molecule has 0 aliphatic heterocycles. The van der Waals surface area contributed by atoms with Crippen molar-refractivity contribution in [3.8, 4) is 5.75 Å². The van der Waals surface area contributed by atoms with Crippen LogP contribution in [0.2, 0.25) is 0 Å². The van der Waals surface area contributed by atoms with Gasteiger partial charge in [-0.15, -0.1) is 0 Å². The number of hydrogen-bond acceptors (Lipinski definition) is 4. The third kappa shape index (κ3) is 4.59. The minimum atomic E-state index is -0.253. The number of thiophene rings is 1. The van der Waals surface area contributed by atoms with E-state index in [4.69, 9.17) is 9.47 Å². The van der Waals surface area contributed by atoms with Gasteiger partial charge >= 0.3 is 0 Å². The molecule has 3 nitrogen and oxygen atoms in total. The molecule has 0 amide bonds. The summed E-state index contributed by atoms with van der Waals surface area (Å²) in [6.45, 7) is 2.40. The maximum atomic E-state index is 13.3. The van der Waals surface area contributed by atoms with Crippen LogP contribution in [0.5, 0.6) is 5.75 Å². The van der Waals surface area contributed by atoms with Crippen LogP contribution >= 0.6 is 11.3 Å². The molecule has 0 aliphatic rings. The molecule has 1 aromatic carbocycles. The zero-order valence-electron chi connectivity index (χ0n) is 11.4. The smallest absolute Gasteiger partial charge is 0.124 e. The number of rotatable bonds is 8. The average molecular weight is 295 g/mol. The Morgan fingerprint density at radius 3 is 2.95 bits per heavy atom. The first-order valence-electron chi connectivity index (χ1n) is 6.41. The summed E-state index contributed by atoms with van der Waals surface area (Å²) in [5.41, 5.74) is 1.94. The summed E-state index contributed by atoms with van der Waals surface area (Å²) in [7, 11) is 1.65. The lowest BCUT2D eigenvalue weighted by Gasteiger charge is -2.12. The molecule has 1 aromatic heterocycles. The summed E-state index contributed by atoms with van der Waals surface area (Å²) in [6, 6.07) is 6.62. The minimum Gasteiger partial charge on any atom is -0.489 e. The Balaban J connectivity index is 1.95. The number of nitrogens with one attached hydrogen (secondary N) is 1. The van der Waals surface area contributed by atoms with Crippen LogP contribution in [0.25, 0.3) is 0 Å². The Hall–Kier alpha value is -1.43. The van der Waals surface area contributed by atoms with Gasteiger partial charge in [0.25, 0.3) is 0 Å². The molecule has 2 aromatic rings. The van der Waals surface area contributed by atoms with Crippen LogP contribution in [-0.4, -0.2) is 20.3 Å². The summed E-state index contributed by atoms with van der Waals surface area (Å²) >= 11 is 1.63. The van der Waals surface area contributed by atoms with Crippen LogP contribution in [0.4, 0.5) is 4.39 Å². The van der Waals surface area contributed by atoms with Crippen molar-refractivity contribution in [1.29, 1.82) is 0 Å². The highest BCUT2D eigenvalue weighted by Gasteiger charge is 2.06. The average Bonchev–Trinajstić information content (AvgIpc) is 2.96. The molecule has 0 fully saturated rings. The summed E-state index contributed by atoms with van der Waals surface area (Å²) in [4.78, 5) is 0. The molecule has 0 spiro atoms. The molecule has 2 rings (SSSR count). The van der Waals surface area contributed by atoms with Crippen molar-refractivity contribution in [2.24, 2.45) is 0 Å². The highest BCUT2D eigenvalue weighted by molar-refractivity contribution is 7.07. The van der Waals surface area contributed by atoms with E-state index >= 15 is 0 Å². The van der Waals surface area contributed by atoms with Gasteiger partial charge in [-0.25, -0.2) is 4.39 Å². The largest absolute Gasteiger partial charge is 0.489 e. The number of methoxy groups -OCH3 is 1. The van der Waals surface area contributed by atoms with Crippen LogP contribution in [0.3, 0.4) is 0 Å². The SMILES string of the molecule is COCCNCc1cc(F)ccc1OCc1ccsc1. The number of halogens is 1. The number of benzene rings is 1. The lowest BCUT2D eigenvalue weighted by molar-refractivity contribution is 0.199. The van der Waals surface area contributed by atoms with E-state index in [9.17, 15) is 4.39 Å². The molecule has 20 heavy (non-hydrogen) atoms. The van der Waals surface area contributed by atoms with E-state index in [0.717, 1.165) is 17.7 Å². The van der Waals surface area contributed by atoms with Crippen molar-refractivity contribution < 1.29 is 13.9 Å². The molecule has 0 aliphatic carbocycles. The van der Waals surface area contributed by atoms with Gasteiger partial charge in [-0.05, 0) is 40.6 Å². The monoisotopic (exact) mass is 295 g/mol. The molecule has 0 atom stereocenters. The van der Waals surface area contributed by atoms with Gasteiger partial charge in [0.2, 0.25) is 0 Å². The second kappa shape index (κ2) is 7.99. The third-order valence-corrected chi connectivity index (χ3v) is 3.53. The van der Waals surface area contributed by atoms with Gasteiger partial charge in [0.05, 0.1) is 6.61 Å². The molecule has 0 bridgehead atoms. The number of ether oxygens (including phenoxy) is 2. The van der Waals surface area contributed by atoms with E-state index in [2.05, 4.69) is 5.32 Å². The third-order valence-electron chi connectivity index (χ3n) is 2.80. The van der Waals surface area contributed by atoms with Crippen molar-refractivity contribution in [3.63, 3.8) is 0 Å². The van der Waals surface area contributed by atoms with Gasteiger partial charge in [0.1, 0.15) is 18.2 Å². The Bertz CT molecular complexity index is 517.